The molecule has 0 unspecified atom stereocenters. The van der Waals surface area contributed by atoms with E-state index in [1.54, 1.807) is 36.7 Å². The molecule has 0 spiro atoms. The number of carbonyl (C=O) groups excluding carboxylic acids is 1. The Kier molecular flexibility index (Phi) is 6.29. The van der Waals surface area contributed by atoms with Crippen LogP contribution in [0.15, 0.2) is 48.8 Å². The fourth-order valence-electron chi connectivity index (χ4n) is 1.79. The van der Waals surface area contributed by atoms with E-state index < -0.39 is 4.92 Å². The first-order valence-electron chi connectivity index (χ1n) is 7.14. The minimum Gasteiger partial charge on any atom is -0.479 e. The standard InChI is InChI=1S/C17H15N3O4/c21-17(12-14-5-7-15(8-6-14)20(22)23)19-10-1-2-11-24-16-4-3-9-18-13-16/h3-9,13H,10-12H2,(H,19,21). The molecule has 7 heteroatoms. The number of hydrogen-bond acceptors (Lipinski definition) is 5. The lowest BCUT2D eigenvalue weighted by atomic mass is 10.1. The van der Waals surface area contributed by atoms with Crippen molar-refractivity contribution < 1.29 is 14.5 Å². The number of nitro groups is 1. The van der Waals surface area contributed by atoms with Gasteiger partial charge in [-0.15, -0.1) is 0 Å². The number of benzene rings is 1. The molecule has 1 amide bonds. The Balaban J connectivity index is 1.68. The maximum absolute atomic E-state index is 11.7. The second kappa shape index (κ2) is 8.90. The Labute approximate surface area is 138 Å². The van der Waals surface area contributed by atoms with Crippen LogP contribution in [0, 0.1) is 22.0 Å². The van der Waals surface area contributed by atoms with Gasteiger partial charge in [-0.3, -0.25) is 19.9 Å². The van der Waals surface area contributed by atoms with Crippen molar-refractivity contribution in [3.63, 3.8) is 0 Å². The Bertz CT molecular complexity index is 749. The molecule has 0 fully saturated rings. The monoisotopic (exact) mass is 325 g/mol. The molecule has 2 aromatic rings. The van der Waals surface area contributed by atoms with Crippen LogP contribution in [-0.2, 0) is 11.2 Å². The lowest BCUT2D eigenvalue weighted by molar-refractivity contribution is -0.384. The lowest BCUT2D eigenvalue weighted by Crippen LogP contribution is -2.25. The van der Waals surface area contributed by atoms with Crippen molar-refractivity contribution in [2.75, 3.05) is 13.2 Å². The van der Waals surface area contributed by atoms with E-state index in [2.05, 4.69) is 22.1 Å². The zero-order chi connectivity index (χ0) is 17.2. The number of aromatic nitrogens is 1. The molecule has 1 heterocycles. The first-order chi connectivity index (χ1) is 11.6. The number of ether oxygens (including phenoxy) is 1. The Morgan fingerprint density at radius 2 is 2.04 bits per heavy atom. The molecule has 0 aliphatic rings. The third-order valence-electron chi connectivity index (χ3n) is 2.96. The number of pyridine rings is 1. The van der Waals surface area contributed by atoms with Gasteiger partial charge in [0, 0.05) is 18.3 Å². The van der Waals surface area contributed by atoms with Gasteiger partial charge in [-0.1, -0.05) is 24.0 Å². The molecule has 0 saturated heterocycles. The van der Waals surface area contributed by atoms with Gasteiger partial charge in [0.05, 0.1) is 24.1 Å². The summed E-state index contributed by atoms with van der Waals surface area (Å²) in [5.74, 6) is 5.99. The van der Waals surface area contributed by atoms with Crippen molar-refractivity contribution >= 4 is 11.6 Å². The fourth-order valence-corrected chi connectivity index (χ4v) is 1.79. The van der Waals surface area contributed by atoms with Gasteiger partial charge in [0.15, 0.2) is 0 Å². The molecular weight excluding hydrogens is 310 g/mol. The van der Waals surface area contributed by atoms with E-state index in [9.17, 15) is 14.9 Å². The van der Waals surface area contributed by atoms with E-state index in [0.717, 1.165) is 0 Å². The van der Waals surface area contributed by atoms with Gasteiger partial charge >= 0.3 is 0 Å². The van der Waals surface area contributed by atoms with Crippen LogP contribution in [0.4, 0.5) is 5.69 Å². The third kappa shape index (κ3) is 5.77. The van der Waals surface area contributed by atoms with Crippen molar-refractivity contribution in [1.29, 1.82) is 0 Å². The summed E-state index contributed by atoms with van der Waals surface area (Å²) in [5.41, 5.74) is 0.699. The van der Waals surface area contributed by atoms with Gasteiger partial charge in [0.25, 0.3) is 5.69 Å². The first-order valence-corrected chi connectivity index (χ1v) is 7.14. The predicted octanol–water partition coefficient (Wildman–Crippen LogP) is 1.73. The molecule has 1 aromatic heterocycles. The van der Waals surface area contributed by atoms with E-state index in [1.165, 1.54) is 12.1 Å². The molecule has 1 N–H and O–H groups in total. The highest BCUT2D eigenvalue weighted by Crippen LogP contribution is 2.12. The summed E-state index contributed by atoms with van der Waals surface area (Å²) >= 11 is 0. The van der Waals surface area contributed by atoms with Gasteiger partial charge in [-0.2, -0.15) is 0 Å². The van der Waals surface area contributed by atoms with Crippen LogP contribution in [0.25, 0.3) is 0 Å². The highest BCUT2D eigenvalue weighted by atomic mass is 16.6. The molecule has 0 aliphatic carbocycles. The number of non-ortho nitro benzene ring substituents is 1. The molecule has 0 radical (unpaired) electrons. The average molecular weight is 325 g/mol. The van der Waals surface area contributed by atoms with E-state index in [0.29, 0.717) is 11.3 Å². The van der Waals surface area contributed by atoms with Crippen LogP contribution in [0.2, 0.25) is 0 Å². The minimum atomic E-state index is -0.479. The zero-order valence-electron chi connectivity index (χ0n) is 12.8. The third-order valence-corrected chi connectivity index (χ3v) is 2.96. The van der Waals surface area contributed by atoms with Gasteiger partial charge < -0.3 is 10.1 Å². The summed E-state index contributed by atoms with van der Waals surface area (Å²) in [7, 11) is 0. The van der Waals surface area contributed by atoms with Gasteiger partial charge in [-0.05, 0) is 17.7 Å². The summed E-state index contributed by atoms with van der Waals surface area (Å²) in [6.45, 7) is 0.423. The number of amides is 1. The molecule has 0 bridgehead atoms. The van der Waals surface area contributed by atoms with E-state index in [1.807, 2.05) is 0 Å². The predicted molar refractivity (Wildman–Crippen MR) is 87.3 cm³/mol. The number of nitrogens with one attached hydrogen (secondary N) is 1. The van der Waals surface area contributed by atoms with E-state index in [4.69, 9.17) is 4.74 Å². The maximum atomic E-state index is 11.7. The zero-order valence-corrected chi connectivity index (χ0v) is 12.8. The van der Waals surface area contributed by atoms with Crippen LogP contribution in [0.1, 0.15) is 5.56 Å². The maximum Gasteiger partial charge on any atom is 0.269 e. The molecule has 2 rings (SSSR count). The molecule has 122 valence electrons. The molecular formula is C17H15N3O4. The smallest absolute Gasteiger partial charge is 0.269 e. The van der Waals surface area contributed by atoms with Gasteiger partial charge in [0.1, 0.15) is 12.4 Å². The van der Waals surface area contributed by atoms with Gasteiger partial charge in [0.2, 0.25) is 5.91 Å². The van der Waals surface area contributed by atoms with Gasteiger partial charge in [-0.25, -0.2) is 0 Å². The lowest BCUT2D eigenvalue weighted by Gasteiger charge is -2.02. The summed E-state index contributed by atoms with van der Waals surface area (Å²) in [4.78, 5) is 25.7. The van der Waals surface area contributed by atoms with Crippen LogP contribution in [0.3, 0.4) is 0 Å². The van der Waals surface area contributed by atoms with Crippen molar-refractivity contribution in [2.24, 2.45) is 0 Å². The number of nitrogens with zero attached hydrogens (tertiary/aromatic N) is 2. The normalized spacial score (nSPS) is 9.50. The minimum absolute atomic E-state index is 0.00126. The molecule has 24 heavy (non-hydrogen) atoms. The quantitative estimate of drug-likeness (QED) is 0.496. The van der Waals surface area contributed by atoms with E-state index in [-0.39, 0.29) is 31.2 Å². The molecule has 7 nitrogen and oxygen atoms in total. The van der Waals surface area contributed by atoms with Crippen LogP contribution in [-0.4, -0.2) is 29.0 Å². The second-order valence-electron chi connectivity index (χ2n) is 4.71. The highest BCUT2D eigenvalue weighted by molar-refractivity contribution is 5.78. The first kappa shape index (κ1) is 17.0. The Hall–Kier alpha value is -3.40. The average Bonchev–Trinajstić information content (AvgIpc) is 2.59. The van der Waals surface area contributed by atoms with Crippen LogP contribution in [0.5, 0.6) is 5.75 Å². The molecule has 0 atom stereocenters. The number of carbonyl (C=O) groups is 1. The summed E-state index contributed by atoms with van der Waals surface area (Å²) in [6, 6.07) is 9.41. The topological polar surface area (TPSA) is 94.4 Å². The largest absolute Gasteiger partial charge is 0.479 e. The van der Waals surface area contributed by atoms with E-state index >= 15 is 0 Å². The molecule has 0 saturated carbocycles. The highest BCUT2D eigenvalue weighted by Gasteiger charge is 2.06. The summed E-state index contributed by atoms with van der Waals surface area (Å²) in [6.07, 6.45) is 3.39. The molecule has 1 aromatic carbocycles. The number of nitro benzene ring substituents is 1. The SMILES string of the molecule is O=C(Cc1ccc([N+](=O)[O-])cc1)NCC#CCOc1cccnc1. The van der Waals surface area contributed by atoms with Crippen LogP contribution < -0.4 is 10.1 Å². The number of rotatable bonds is 6. The van der Waals surface area contributed by atoms with Crippen molar-refractivity contribution in [1.82, 2.24) is 10.3 Å². The Morgan fingerprint density at radius 3 is 2.71 bits per heavy atom. The second-order valence-corrected chi connectivity index (χ2v) is 4.71. The fraction of sp³-hybridized carbons (Fsp3) is 0.176. The Morgan fingerprint density at radius 1 is 1.25 bits per heavy atom. The number of hydrogen-bond donors (Lipinski definition) is 1. The molecule has 0 aliphatic heterocycles. The van der Waals surface area contributed by atoms with Crippen molar-refractivity contribution in [2.45, 2.75) is 6.42 Å². The summed E-state index contributed by atoms with van der Waals surface area (Å²) < 4.78 is 5.34. The summed E-state index contributed by atoms with van der Waals surface area (Å²) in [5, 5.41) is 13.2. The van der Waals surface area contributed by atoms with Crippen LogP contribution >= 0.6 is 0 Å². The van der Waals surface area contributed by atoms with Crippen molar-refractivity contribution in [3.8, 4) is 17.6 Å². The van der Waals surface area contributed by atoms with Crippen molar-refractivity contribution in [3.05, 3.63) is 64.5 Å².